The molecule has 1 fully saturated rings. The van der Waals surface area contributed by atoms with Crippen molar-refractivity contribution >= 4 is 11.9 Å². The lowest BCUT2D eigenvalue weighted by atomic mass is 10.0. The van der Waals surface area contributed by atoms with E-state index in [2.05, 4.69) is 0 Å². The molecule has 5 heteroatoms. The van der Waals surface area contributed by atoms with Crippen molar-refractivity contribution in [2.45, 2.75) is 58.1 Å². The Morgan fingerprint density at radius 2 is 2.00 bits per heavy atom. The molecule has 0 saturated carbocycles. The molecular formula is C13H23NO4. The first-order chi connectivity index (χ1) is 8.32. The number of rotatable bonds is 4. The number of hydrogen-bond acceptors (Lipinski definition) is 3. The molecule has 1 unspecified atom stereocenters. The molecule has 1 aliphatic heterocycles. The Balaban J connectivity index is 2.68. The molecule has 1 aliphatic rings. The Bertz CT molecular complexity index is 303. The summed E-state index contributed by atoms with van der Waals surface area (Å²) in [6.45, 7) is 6.59. The van der Waals surface area contributed by atoms with E-state index in [1.807, 2.05) is 20.8 Å². The van der Waals surface area contributed by atoms with E-state index in [9.17, 15) is 9.59 Å². The molecule has 18 heavy (non-hydrogen) atoms. The normalized spacial score (nSPS) is 20.5. The zero-order chi connectivity index (χ0) is 13.8. The van der Waals surface area contributed by atoms with Gasteiger partial charge in [-0.25, -0.2) is 0 Å². The molecule has 0 radical (unpaired) electrons. The van der Waals surface area contributed by atoms with Gasteiger partial charge >= 0.3 is 5.97 Å². The second kappa shape index (κ2) is 6.18. The van der Waals surface area contributed by atoms with E-state index in [1.54, 1.807) is 4.90 Å². The Kier molecular flexibility index (Phi) is 5.14. The molecular weight excluding hydrogens is 234 g/mol. The summed E-state index contributed by atoms with van der Waals surface area (Å²) in [4.78, 5) is 24.6. The number of amides is 1. The van der Waals surface area contributed by atoms with Crippen LogP contribution in [0.3, 0.4) is 0 Å². The maximum atomic E-state index is 12.4. The summed E-state index contributed by atoms with van der Waals surface area (Å²) < 4.78 is 5.48. The van der Waals surface area contributed by atoms with Gasteiger partial charge in [-0.15, -0.1) is 0 Å². The molecule has 0 aliphatic carbocycles. The van der Waals surface area contributed by atoms with Gasteiger partial charge in [-0.3, -0.25) is 9.59 Å². The number of hydrogen-bond donors (Lipinski definition) is 1. The lowest BCUT2D eigenvalue weighted by Crippen LogP contribution is -2.51. The van der Waals surface area contributed by atoms with Crippen LogP contribution in [0.1, 0.15) is 46.5 Å². The average Bonchev–Trinajstić information content (AvgIpc) is 2.28. The van der Waals surface area contributed by atoms with Gasteiger partial charge in [0.25, 0.3) is 5.91 Å². The van der Waals surface area contributed by atoms with Crippen molar-refractivity contribution < 1.29 is 19.4 Å². The number of carbonyl (C=O) groups excluding carboxylic acids is 1. The Morgan fingerprint density at radius 3 is 2.44 bits per heavy atom. The predicted molar refractivity (Wildman–Crippen MR) is 67.3 cm³/mol. The third kappa shape index (κ3) is 4.29. The Hall–Kier alpha value is -1.10. The van der Waals surface area contributed by atoms with Gasteiger partial charge in [0, 0.05) is 18.7 Å². The Morgan fingerprint density at radius 1 is 1.33 bits per heavy atom. The summed E-state index contributed by atoms with van der Waals surface area (Å²) in [6, 6.07) is 0. The minimum atomic E-state index is -0.887. The average molecular weight is 257 g/mol. The number of aliphatic carboxylic acids is 1. The highest BCUT2D eigenvalue weighted by molar-refractivity contribution is 5.82. The largest absolute Gasteiger partial charge is 0.481 e. The number of carboxylic acids is 1. The lowest BCUT2D eigenvalue weighted by molar-refractivity contribution is -0.152. The molecule has 0 aromatic rings. The lowest BCUT2D eigenvalue weighted by Gasteiger charge is -2.38. The van der Waals surface area contributed by atoms with Crippen molar-refractivity contribution in [3.63, 3.8) is 0 Å². The van der Waals surface area contributed by atoms with E-state index < -0.39 is 12.1 Å². The summed E-state index contributed by atoms with van der Waals surface area (Å²) in [5.74, 6) is -0.968. The second-order valence-corrected chi connectivity index (χ2v) is 5.66. The first-order valence-corrected chi connectivity index (χ1v) is 6.47. The molecule has 1 rings (SSSR count). The van der Waals surface area contributed by atoms with Crippen LogP contribution in [-0.2, 0) is 14.3 Å². The maximum Gasteiger partial charge on any atom is 0.305 e. The number of carboxylic acid groups (broad SMARTS) is 1. The van der Waals surface area contributed by atoms with Crippen molar-refractivity contribution in [3.8, 4) is 0 Å². The fourth-order valence-electron chi connectivity index (χ4n) is 2.09. The van der Waals surface area contributed by atoms with Crippen molar-refractivity contribution in [2.75, 3.05) is 13.2 Å². The highest BCUT2D eigenvalue weighted by Crippen LogP contribution is 2.21. The van der Waals surface area contributed by atoms with Gasteiger partial charge in [-0.1, -0.05) is 0 Å². The Labute approximate surface area is 108 Å². The zero-order valence-electron chi connectivity index (χ0n) is 11.4. The quantitative estimate of drug-likeness (QED) is 0.831. The highest BCUT2D eigenvalue weighted by Gasteiger charge is 2.33. The van der Waals surface area contributed by atoms with Gasteiger partial charge in [0.05, 0.1) is 6.42 Å². The summed E-state index contributed by atoms with van der Waals surface area (Å²) in [7, 11) is 0. The molecule has 0 spiro atoms. The highest BCUT2D eigenvalue weighted by atomic mass is 16.5. The van der Waals surface area contributed by atoms with Gasteiger partial charge < -0.3 is 14.7 Å². The molecule has 1 atom stereocenters. The van der Waals surface area contributed by atoms with Gasteiger partial charge in [-0.05, 0) is 40.0 Å². The van der Waals surface area contributed by atoms with E-state index in [0.717, 1.165) is 19.3 Å². The van der Waals surface area contributed by atoms with E-state index >= 15 is 0 Å². The third-order valence-electron chi connectivity index (χ3n) is 3.08. The van der Waals surface area contributed by atoms with Crippen molar-refractivity contribution in [1.29, 1.82) is 0 Å². The van der Waals surface area contributed by atoms with Gasteiger partial charge in [0.2, 0.25) is 0 Å². The van der Waals surface area contributed by atoms with E-state index in [0.29, 0.717) is 6.61 Å². The fourth-order valence-corrected chi connectivity index (χ4v) is 2.09. The SMILES string of the molecule is CC(C)(C)N(CCC(=O)O)C(=O)C1CCCCO1. The maximum absolute atomic E-state index is 12.4. The van der Waals surface area contributed by atoms with Crippen LogP contribution in [0.5, 0.6) is 0 Å². The van der Waals surface area contributed by atoms with Gasteiger partial charge in [0.1, 0.15) is 6.10 Å². The van der Waals surface area contributed by atoms with Crippen LogP contribution in [-0.4, -0.2) is 46.7 Å². The molecule has 1 amide bonds. The second-order valence-electron chi connectivity index (χ2n) is 5.66. The van der Waals surface area contributed by atoms with Crippen LogP contribution in [0, 0.1) is 0 Å². The first-order valence-electron chi connectivity index (χ1n) is 6.47. The number of nitrogens with zero attached hydrogens (tertiary/aromatic N) is 1. The van der Waals surface area contributed by atoms with Crippen molar-refractivity contribution in [1.82, 2.24) is 4.90 Å². The van der Waals surface area contributed by atoms with Crippen molar-refractivity contribution in [2.24, 2.45) is 0 Å². The van der Waals surface area contributed by atoms with Crippen LogP contribution >= 0.6 is 0 Å². The molecule has 0 aromatic carbocycles. The van der Waals surface area contributed by atoms with Crippen molar-refractivity contribution in [3.05, 3.63) is 0 Å². The van der Waals surface area contributed by atoms with Gasteiger partial charge in [0.15, 0.2) is 0 Å². The monoisotopic (exact) mass is 257 g/mol. The van der Waals surface area contributed by atoms with E-state index in [1.165, 1.54) is 0 Å². The topological polar surface area (TPSA) is 66.8 Å². The summed E-state index contributed by atoms with van der Waals surface area (Å²) in [5.41, 5.74) is -0.382. The minimum Gasteiger partial charge on any atom is -0.481 e. The zero-order valence-corrected chi connectivity index (χ0v) is 11.4. The fraction of sp³-hybridized carbons (Fsp3) is 0.846. The smallest absolute Gasteiger partial charge is 0.305 e. The molecule has 1 N–H and O–H groups in total. The first kappa shape index (κ1) is 15.0. The number of carbonyl (C=O) groups is 2. The standard InChI is InChI=1S/C13H23NO4/c1-13(2,3)14(8-7-11(15)16)12(17)10-6-4-5-9-18-10/h10H,4-9H2,1-3H3,(H,15,16). The third-order valence-corrected chi connectivity index (χ3v) is 3.08. The predicted octanol–water partition coefficient (Wildman–Crippen LogP) is 1.66. The van der Waals surface area contributed by atoms with Gasteiger partial charge in [-0.2, -0.15) is 0 Å². The number of ether oxygens (including phenoxy) is 1. The molecule has 5 nitrogen and oxygen atoms in total. The van der Waals surface area contributed by atoms with Crippen LogP contribution in [0.4, 0.5) is 0 Å². The molecule has 0 bridgehead atoms. The van der Waals surface area contributed by atoms with Crippen LogP contribution < -0.4 is 0 Å². The van der Waals surface area contributed by atoms with Crippen LogP contribution in [0.25, 0.3) is 0 Å². The van der Waals surface area contributed by atoms with Crippen LogP contribution in [0.15, 0.2) is 0 Å². The summed E-state index contributed by atoms with van der Waals surface area (Å²) >= 11 is 0. The van der Waals surface area contributed by atoms with Crippen LogP contribution in [0.2, 0.25) is 0 Å². The minimum absolute atomic E-state index is 0.0320. The summed E-state index contributed by atoms with van der Waals surface area (Å²) in [5, 5.41) is 8.75. The van der Waals surface area contributed by atoms with E-state index in [4.69, 9.17) is 9.84 Å². The molecule has 1 saturated heterocycles. The summed E-state index contributed by atoms with van der Waals surface area (Å²) in [6.07, 6.45) is 2.29. The molecule has 104 valence electrons. The van der Waals surface area contributed by atoms with E-state index in [-0.39, 0.29) is 24.4 Å². The molecule has 1 heterocycles. The molecule has 0 aromatic heterocycles.